The Hall–Kier alpha value is -2.17. The summed E-state index contributed by atoms with van der Waals surface area (Å²) in [4.78, 5) is 3.12. The summed E-state index contributed by atoms with van der Waals surface area (Å²) < 4.78 is 6.14. The summed E-state index contributed by atoms with van der Waals surface area (Å²) in [5, 5.41) is 4.61. The van der Waals surface area contributed by atoms with Gasteiger partial charge in [0.25, 0.3) is 0 Å². The van der Waals surface area contributed by atoms with Gasteiger partial charge in [0, 0.05) is 41.2 Å². The molecule has 1 N–H and O–H groups in total. The number of hydrogen-bond acceptors (Lipinski definition) is 3. The van der Waals surface area contributed by atoms with Gasteiger partial charge in [0.2, 0.25) is 0 Å². The fraction of sp³-hybridized carbons (Fsp3) is 0.400. The molecule has 0 aliphatic carbocycles. The highest BCUT2D eigenvalue weighted by molar-refractivity contribution is 7.81. The van der Waals surface area contributed by atoms with E-state index in [0.29, 0.717) is 6.04 Å². The summed E-state index contributed by atoms with van der Waals surface area (Å²) in [6.45, 7) is 9.78. The number of hydrogen-bond donors (Lipinski definition) is 1. The van der Waals surface area contributed by atoms with Crippen LogP contribution in [0.2, 0.25) is 0 Å². The summed E-state index contributed by atoms with van der Waals surface area (Å²) >= 11 is 5.67. The minimum Gasteiger partial charge on any atom is -0.461 e. The van der Waals surface area contributed by atoms with E-state index in [2.05, 4.69) is 81.4 Å². The molecule has 0 fully saturated rings. The van der Waals surface area contributed by atoms with Gasteiger partial charge in [0.05, 0.1) is 0 Å². The highest BCUT2D eigenvalue weighted by atomic mass is 32.1. The van der Waals surface area contributed by atoms with E-state index in [9.17, 15) is 0 Å². The van der Waals surface area contributed by atoms with E-state index in [1.54, 1.807) is 0 Å². The lowest BCUT2D eigenvalue weighted by Gasteiger charge is -2.20. The highest BCUT2D eigenvalue weighted by Crippen LogP contribution is 2.30. The van der Waals surface area contributed by atoms with Gasteiger partial charge in [-0.1, -0.05) is 44.3 Å². The molecule has 0 atom stereocenters. The third-order valence-corrected chi connectivity index (χ3v) is 5.98. The van der Waals surface area contributed by atoms with Gasteiger partial charge in [-0.25, -0.2) is 0 Å². The van der Waals surface area contributed by atoms with Crippen molar-refractivity contribution in [2.45, 2.75) is 53.0 Å². The van der Waals surface area contributed by atoms with Gasteiger partial charge < -0.3 is 14.6 Å². The lowest BCUT2D eigenvalue weighted by atomic mass is 10.0. The molecule has 0 saturated heterocycles. The van der Waals surface area contributed by atoms with Crippen molar-refractivity contribution in [1.29, 1.82) is 0 Å². The Morgan fingerprint density at radius 2 is 1.90 bits per heavy atom. The van der Waals surface area contributed by atoms with Crippen LogP contribution in [0.15, 0.2) is 46.9 Å². The molecule has 2 aromatic carbocycles. The van der Waals surface area contributed by atoms with Crippen molar-refractivity contribution in [2.24, 2.45) is 0 Å². The second-order valence-corrected chi connectivity index (χ2v) is 8.31. The standard InChI is InChI=1S/C25H32N2OS/c1-6-18-9-8-10-19(15-18)25(29)26-20-11-12-24-22(16-20)21(23(7-2)28-24)13-14-27(5)17(3)4/h8-12,15-17H,6-7,13-14H2,1-5H3,(H,26,29). The molecule has 0 saturated carbocycles. The SMILES string of the molecule is CCc1cccc(C(=S)Nc2ccc3oc(CC)c(CCN(C)C(C)C)c3c2)c1. The minimum atomic E-state index is 0.534. The number of fused-ring (bicyclic) bond motifs is 1. The maximum atomic E-state index is 6.14. The number of anilines is 1. The molecule has 0 unspecified atom stereocenters. The smallest absolute Gasteiger partial charge is 0.134 e. The number of nitrogens with zero attached hydrogens (tertiary/aromatic N) is 1. The summed E-state index contributed by atoms with van der Waals surface area (Å²) in [5.41, 5.74) is 5.62. The Labute approximate surface area is 180 Å². The molecular weight excluding hydrogens is 376 g/mol. The first-order valence-corrected chi connectivity index (χ1v) is 11.0. The van der Waals surface area contributed by atoms with Crippen molar-refractivity contribution < 1.29 is 4.42 Å². The van der Waals surface area contributed by atoms with E-state index in [-0.39, 0.29) is 0 Å². The zero-order valence-electron chi connectivity index (χ0n) is 18.2. The first kappa shape index (κ1) is 21.5. The highest BCUT2D eigenvalue weighted by Gasteiger charge is 2.15. The molecule has 3 nitrogen and oxygen atoms in total. The van der Waals surface area contributed by atoms with Crippen molar-refractivity contribution in [1.82, 2.24) is 4.90 Å². The number of benzene rings is 2. The van der Waals surface area contributed by atoms with Gasteiger partial charge in [0.1, 0.15) is 16.3 Å². The zero-order valence-corrected chi connectivity index (χ0v) is 19.0. The van der Waals surface area contributed by atoms with E-state index < -0.39 is 0 Å². The largest absolute Gasteiger partial charge is 0.461 e. The molecule has 0 aliphatic heterocycles. The predicted octanol–water partition coefficient (Wildman–Crippen LogP) is 6.23. The fourth-order valence-electron chi connectivity index (χ4n) is 3.52. The van der Waals surface area contributed by atoms with Crippen LogP contribution in [0.5, 0.6) is 0 Å². The lowest BCUT2D eigenvalue weighted by Crippen LogP contribution is -2.28. The molecule has 3 rings (SSSR count). The Morgan fingerprint density at radius 3 is 2.59 bits per heavy atom. The predicted molar refractivity (Wildman–Crippen MR) is 128 cm³/mol. The molecule has 0 radical (unpaired) electrons. The van der Waals surface area contributed by atoms with Gasteiger partial charge in [-0.3, -0.25) is 0 Å². The number of rotatable bonds is 8. The third kappa shape index (κ3) is 5.06. The number of thiocarbonyl (C=S) groups is 1. The van der Waals surface area contributed by atoms with Crippen LogP contribution < -0.4 is 5.32 Å². The maximum absolute atomic E-state index is 6.14. The summed E-state index contributed by atoms with van der Waals surface area (Å²) in [5.74, 6) is 1.09. The first-order valence-electron chi connectivity index (χ1n) is 10.6. The molecule has 29 heavy (non-hydrogen) atoms. The second kappa shape index (κ2) is 9.55. The van der Waals surface area contributed by atoms with E-state index in [1.807, 2.05) is 6.07 Å². The average molecular weight is 409 g/mol. The molecule has 1 aromatic heterocycles. The summed E-state index contributed by atoms with van der Waals surface area (Å²) in [6, 6.07) is 15.2. The van der Waals surface area contributed by atoms with Crippen LogP contribution in [0, 0.1) is 0 Å². The Balaban J connectivity index is 1.86. The molecule has 154 valence electrons. The molecular formula is C25H32N2OS. The van der Waals surface area contributed by atoms with Gasteiger partial charge in [-0.2, -0.15) is 0 Å². The van der Waals surface area contributed by atoms with Crippen molar-refractivity contribution in [3.05, 3.63) is 64.9 Å². The molecule has 4 heteroatoms. The van der Waals surface area contributed by atoms with Gasteiger partial charge >= 0.3 is 0 Å². The van der Waals surface area contributed by atoms with E-state index >= 15 is 0 Å². The van der Waals surface area contributed by atoms with Crippen molar-refractivity contribution >= 4 is 33.9 Å². The fourth-order valence-corrected chi connectivity index (χ4v) is 3.76. The van der Waals surface area contributed by atoms with Crippen LogP contribution in [-0.2, 0) is 19.3 Å². The van der Waals surface area contributed by atoms with Crippen LogP contribution in [0.25, 0.3) is 11.0 Å². The van der Waals surface area contributed by atoms with Crippen LogP contribution in [0.1, 0.15) is 50.1 Å². The third-order valence-electron chi connectivity index (χ3n) is 5.65. The van der Waals surface area contributed by atoms with Crippen LogP contribution in [0.3, 0.4) is 0 Å². The quantitative estimate of drug-likeness (QED) is 0.447. The Bertz CT molecular complexity index is 990. The van der Waals surface area contributed by atoms with Crippen LogP contribution in [0.4, 0.5) is 5.69 Å². The molecule has 0 aliphatic rings. The Morgan fingerprint density at radius 1 is 1.10 bits per heavy atom. The maximum Gasteiger partial charge on any atom is 0.134 e. The first-order chi connectivity index (χ1) is 13.9. The van der Waals surface area contributed by atoms with Crippen LogP contribution in [-0.4, -0.2) is 29.5 Å². The summed E-state index contributed by atoms with van der Waals surface area (Å²) in [7, 11) is 2.17. The molecule has 1 heterocycles. The average Bonchev–Trinajstić information content (AvgIpc) is 3.08. The normalized spacial score (nSPS) is 11.6. The number of likely N-dealkylation sites (N-methyl/N-ethyl adjacent to an activating group) is 1. The van der Waals surface area contributed by atoms with Crippen molar-refractivity contribution in [3.63, 3.8) is 0 Å². The van der Waals surface area contributed by atoms with Crippen molar-refractivity contribution in [2.75, 3.05) is 18.9 Å². The number of aryl methyl sites for hydroxylation is 2. The van der Waals surface area contributed by atoms with E-state index in [0.717, 1.165) is 53.4 Å². The van der Waals surface area contributed by atoms with Gasteiger partial charge in [-0.05, 0) is 63.6 Å². The number of nitrogens with one attached hydrogen (secondary N) is 1. The van der Waals surface area contributed by atoms with Gasteiger partial charge in [0.15, 0.2) is 0 Å². The van der Waals surface area contributed by atoms with E-state index in [1.165, 1.54) is 16.5 Å². The monoisotopic (exact) mass is 408 g/mol. The van der Waals surface area contributed by atoms with Crippen molar-refractivity contribution in [3.8, 4) is 0 Å². The Kier molecular flexibility index (Phi) is 7.09. The van der Waals surface area contributed by atoms with E-state index in [4.69, 9.17) is 16.6 Å². The molecule has 3 aromatic rings. The molecule has 0 spiro atoms. The molecule has 0 amide bonds. The minimum absolute atomic E-state index is 0.534. The second-order valence-electron chi connectivity index (χ2n) is 7.90. The summed E-state index contributed by atoms with van der Waals surface area (Å²) in [6.07, 6.45) is 2.89. The zero-order chi connectivity index (χ0) is 21.0. The lowest BCUT2D eigenvalue weighted by molar-refractivity contribution is 0.277. The topological polar surface area (TPSA) is 28.4 Å². The molecule has 0 bridgehead atoms. The number of furan rings is 1. The van der Waals surface area contributed by atoms with Crippen LogP contribution >= 0.6 is 12.2 Å². The van der Waals surface area contributed by atoms with Gasteiger partial charge in [-0.15, -0.1) is 0 Å².